The summed E-state index contributed by atoms with van der Waals surface area (Å²) in [5, 5.41) is 7.77. The van der Waals surface area contributed by atoms with Crippen LogP contribution in [0, 0.1) is 0 Å². The number of nitrogens with zero attached hydrogens (tertiary/aromatic N) is 3. The van der Waals surface area contributed by atoms with Gasteiger partial charge in [0.05, 0.1) is 16.7 Å². The van der Waals surface area contributed by atoms with E-state index in [0.717, 1.165) is 28.5 Å². The first kappa shape index (κ1) is 14.2. The lowest BCUT2D eigenvalue weighted by Crippen LogP contribution is -2.27. The van der Waals surface area contributed by atoms with Crippen LogP contribution in [0.25, 0.3) is 4.96 Å². The Morgan fingerprint density at radius 2 is 2.29 bits per heavy atom. The molecule has 0 aromatic carbocycles. The Labute approximate surface area is 130 Å². The van der Waals surface area contributed by atoms with Crippen molar-refractivity contribution in [2.45, 2.75) is 32.7 Å². The Morgan fingerprint density at radius 1 is 1.43 bits per heavy atom. The maximum Gasteiger partial charge on any atom is 0.271 e. The van der Waals surface area contributed by atoms with Gasteiger partial charge in [0.15, 0.2) is 4.96 Å². The van der Waals surface area contributed by atoms with Crippen LogP contribution in [0.1, 0.15) is 47.5 Å². The van der Waals surface area contributed by atoms with Crippen LogP contribution in [0.15, 0.2) is 23.2 Å². The van der Waals surface area contributed by atoms with Crippen LogP contribution in [0.3, 0.4) is 0 Å². The Morgan fingerprint density at radius 3 is 3.05 bits per heavy atom. The highest BCUT2D eigenvalue weighted by Gasteiger charge is 2.16. The van der Waals surface area contributed by atoms with E-state index >= 15 is 0 Å². The number of carbonyl (C=O) groups is 1. The van der Waals surface area contributed by atoms with Gasteiger partial charge in [-0.15, -0.1) is 22.7 Å². The Kier molecular flexibility index (Phi) is 4.03. The van der Waals surface area contributed by atoms with Gasteiger partial charge in [0.2, 0.25) is 0 Å². The molecule has 7 heteroatoms. The SMILES string of the molecule is CCCc1nc(C(=O)NC(C)c2cn3ccsc3n2)cs1. The molecule has 1 amide bonds. The number of hydrogen-bond donors (Lipinski definition) is 1. The molecule has 21 heavy (non-hydrogen) atoms. The summed E-state index contributed by atoms with van der Waals surface area (Å²) in [7, 11) is 0. The van der Waals surface area contributed by atoms with Crippen molar-refractivity contribution >= 4 is 33.5 Å². The van der Waals surface area contributed by atoms with Gasteiger partial charge in [-0.1, -0.05) is 6.92 Å². The van der Waals surface area contributed by atoms with Gasteiger partial charge in [0.25, 0.3) is 5.91 Å². The lowest BCUT2D eigenvalue weighted by Gasteiger charge is -2.09. The van der Waals surface area contributed by atoms with Crippen LogP contribution in [0.4, 0.5) is 0 Å². The summed E-state index contributed by atoms with van der Waals surface area (Å²) >= 11 is 3.12. The highest BCUT2D eigenvalue weighted by molar-refractivity contribution is 7.15. The minimum Gasteiger partial charge on any atom is -0.343 e. The second-order valence-electron chi connectivity index (χ2n) is 4.83. The number of nitrogens with one attached hydrogen (secondary N) is 1. The van der Waals surface area contributed by atoms with E-state index in [9.17, 15) is 4.79 Å². The van der Waals surface area contributed by atoms with Crippen LogP contribution in [0.2, 0.25) is 0 Å². The molecule has 1 unspecified atom stereocenters. The first-order valence-electron chi connectivity index (χ1n) is 6.84. The van der Waals surface area contributed by atoms with Gasteiger partial charge < -0.3 is 5.32 Å². The zero-order valence-electron chi connectivity index (χ0n) is 11.9. The fourth-order valence-electron chi connectivity index (χ4n) is 2.04. The number of hydrogen-bond acceptors (Lipinski definition) is 5. The molecular formula is C14H16N4OS2. The number of fused-ring (bicyclic) bond motifs is 1. The number of thiazole rings is 2. The summed E-state index contributed by atoms with van der Waals surface area (Å²) < 4.78 is 1.96. The third-order valence-electron chi connectivity index (χ3n) is 3.15. The molecule has 0 aliphatic rings. The van der Waals surface area contributed by atoms with E-state index in [2.05, 4.69) is 22.2 Å². The van der Waals surface area contributed by atoms with Gasteiger partial charge in [-0.05, 0) is 19.8 Å². The highest BCUT2D eigenvalue weighted by atomic mass is 32.1. The minimum absolute atomic E-state index is 0.138. The number of imidazole rings is 1. The second kappa shape index (κ2) is 5.95. The molecule has 0 aliphatic carbocycles. The summed E-state index contributed by atoms with van der Waals surface area (Å²) in [6.07, 6.45) is 5.87. The largest absolute Gasteiger partial charge is 0.343 e. The summed E-state index contributed by atoms with van der Waals surface area (Å²) in [6, 6.07) is -0.138. The highest BCUT2D eigenvalue weighted by Crippen LogP contribution is 2.18. The van der Waals surface area contributed by atoms with Crippen molar-refractivity contribution in [1.82, 2.24) is 19.7 Å². The van der Waals surface area contributed by atoms with Crippen LogP contribution in [0.5, 0.6) is 0 Å². The van der Waals surface area contributed by atoms with Gasteiger partial charge in [-0.3, -0.25) is 9.20 Å². The smallest absolute Gasteiger partial charge is 0.271 e. The number of aromatic nitrogens is 3. The topological polar surface area (TPSA) is 59.3 Å². The predicted octanol–water partition coefficient (Wildman–Crippen LogP) is 3.30. The van der Waals surface area contributed by atoms with Crippen LogP contribution in [-0.2, 0) is 6.42 Å². The molecule has 1 atom stereocenters. The van der Waals surface area contributed by atoms with E-state index in [0.29, 0.717) is 5.69 Å². The van der Waals surface area contributed by atoms with Crippen LogP contribution < -0.4 is 5.32 Å². The maximum atomic E-state index is 12.2. The summed E-state index contributed by atoms with van der Waals surface area (Å²) in [4.78, 5) is 22.0. The third-order valence-corrected chi connectivity index (χ3v) is 4.83. The molecular weight excluding hydrogens is 304 g/mol. The molecule has 3 aromatic rings. The van der Waals surface area contributed by atoms with Crippen molar-refractivity contribution < 1.29 is 4.79 Å². The molecule has 3 rings (SSSR count). The van der Waals surface area contributed by atoms with Gasteiger partial charge >= 0.3 is 0 Å². The number of amides is 1. The van der Waals surface area contributed by atoms with Gasteiger partial charge in [0, 0.05) is 23.2 Å². The molecule has 1 N–H and O–H groups in total. The average Bonchev–Trinajstić information content (AvgIpc) is 3.13. The lowest BCUT2D eigenvalue weighted by molar-refractivity contribution is 0.0934. The average molecular weight is 320 g/mol. The second-order valence-corrected chi connectivity index (χ2v) is 6.65. The summed E-state index contributed by atoms with van der Waals surface area (Å²) in [5.74, 6) is -0.141. The number of aryl methyl sites for hydroxylation is 1. The van der Waals surface area contributed by atoms with Crippen LogP contribution >= 0.6 is 22.7 Å². The zero-order valence-corrected chi connectivity index (χ0v) is 13.5. The minimum atomic E-state index is -0.141. The van der Waals surface area contributed by atoms with Gasteiger partial charge in [0.1, 0.15) is 5.69 Å². The molecule has 0 spiro atoms. The third kappa shape index (κ3) is 2.98. The van der Waals surface area contributed by atoms with Gasteiger partial charge in [-0.2, -0.15) is 0 Å². The van der Waals surface area contributed by atoms with E-state index in [-0.39, 0.29) is 11.9 Å². The molecule has 110 valence electrons. The monoisotopic (exact) mass is 320 g/mol. The number of carbonyl (C=O) groups excluding carboxylic acids is 1. The number of rotatable bonds is 5. The van der Waals surface area contributed by atoms with E-state index in [1.54, 1.807) is 22.7 Å². The van der Waals surface area contributed by atoms with Crippen molar-refractivity contribution in [1.29, 1.82) is 0 Å². The van der Waals surface area contributed by atoms with Crippen molar-refractivity contribution in [3.63, 3.8) is 0 Å². The van der Waals surface area contributed by atoms with E-state index in [4.69, 9.17) is 0 Å². The first-order chi connectivity index (χ1) is 10.2. The van der Waals surface area contributed by atoms with Crippen molar-refractivity contribution in [3.05, 3.63) is 39.5 Å². The maximum absolute atomic E-state index is 12.2. The van der Waals surface area contributed by atoms with Gasteiger partial charge in [-0.25, -0.2) is 9.97 Å². The Bertz CT molecular complexity index is 729. The standard InChI is InChI=1S/C14H16N4OS2/c1-3-4-12-16-11(8-21-12)13(19)15-9(2)10-7-18-5-6-20-14(18)17-10/h5-9H,3-4H2,1-2H3,(H,15,19). The van der Waals surface area contributed by atoms with E-state index < -0.39 is 0 Å². The lowest BCUT2D eigenvalue weighted by atomic mass is 10.2. The molecule has 0 radical (unpaired) electrons. The first-order valence-corrected chi connectivity index (χ1v) is 8.60. The molecule has 0 saturated heterocycles. The molecule has 0 fully saturated rings. The Hall–Kier alpha value is -1.73. The summed E-state index contributed by atoms with van der Waals surface area (Å²) in [6.45, 7) is 4.04. The molecule has 3 heterocycles. The fraction of sp³-hybridized carbons (Fsp3) is 0.357. The predicted molar refractivity (Wildman–Crippen MR) is 85.1 cm³/mol. The van der Waals surface area contributed by atoms with E-state index in [1.807, 2.05) is 34.5 Å². The summed E-state index contributed by atoms with van der Waals surface area (Å²) in [5.41, 5.74) is 1.36. The fourth-order valence-corrected chi connectivity index (χ4v) is 3.63. The van der Waals surface area contributed by atoms with Crippen LogP contribution in [-0.4, -0.2) is 20.3 Å². The Balaban J connectivity index is 1.69. The zero-order chi connectivity index (χ0) is 14.8. The molecule has 3 aromatic heterocycles. The molecule has 0 saturated carbocycles. The molecule has 5 nitrogen and oxygen atoms in total. The normalized spacial score (nSPS) is 12.7. The van der Waals surface area contributed by atoms with Crippen molar-refractivity contribution in [2.75, 3.05) is 0 Å². The van der Waals surface area contributed by atoms with Crippen molar-refractivity contribution in [3.8, 4) is 0 Å². The van der Waals surface area contributed by atoms with E-state index in [1.165, 1.54) is 0 Å². The quantitative estimate of drug-likeness (QED) is 0.784. The molecule has 0 bridgehead atoms. The van der Waals surface area contributed by atoms with Crippen molar-refractivity contribution in [2.24, 2.45) is 0 Å². The molecule has 0 aliphatic heterocycles.